The second kappa shape index (κ2) is 5.69. The Morgan fingerprint density at radius 2 is 1.84 bits per heavy atom. The standard InChI is InChI=1S/C13H16N2O4/c16-10-5-6-12(15(18)19)11(9-10)13(17)14-7-3-1-2-4-8-14/h5-6,9,16H,1-4,7-8H2. The fraction of sp³-hybridized carbons (Fsp3) is 0.462. The maximum absolute atomic E-state index is 12.3. The molecule has 0 aliphatic carbocycles. The number of carbonyl (C=O) groups excluding carboxylic acids is 1. The van der Waals surface area contributed by atoms with Crippen LogP contribution in [-0.4, -0.2) is 33.9 Å². The first-order valence-electron chi connectivity index (χ1n) is 6.36. The van der Waals surface area contributed by atoms with Crippen LogP contribution in [0, 0.1) is 10.1 Å². The molecule has 0 aromatic heterocycles. The first-order chi connectivity index (χ1) is 9.09. The minimum Gasteiger partial charge on any atom is -0.508 e. The van der Waals surface area contributed by atoms with E-state index in [1.165, 1.54) is 18.2 Å². The summed E-state index contributed by atoms with van der Waals surface area (Å²) in [6, 6.07) is 3.56. The number of hydrogen-bond acceptors (Lipinski definition) is 4. The number of rotatable bonds is 2. The van der Waals surface area contributed by atoms with Crippen LogP contribution in [-0.2, 0) is 0 Å². The molecular formula is C13H16N2O4. The first-order valence-corrected chi connectivity index (χ1v) is 6.36. The fourth-order valence-corrected chi connectivity index (χ4v) is 2.30. The average molecular weight is 264 g/mol. The average Bonchev–Trinajstić information content (AvgIpc) is 2.66. The van der Waals surface area contributed by atoms with E-state index in [0.717, 1.165) is 25.7 Å². The van der Waals surface area contributed by atoms with Gasteiger partial charge in [0.2, 0.25) is 0 Å². The highest BCUT2D eigenvalue weighted by molar-refractivity contribution is 5.98. The summed E-state index contributed by atoms with van der Waals surface area (Å²) in [6.45, 7) is 1.23. The highest BCUT2D eigenvalue weighted by Gasteiger charge is 2.25. The van der Waals surface area contributed by atoms with E-state index in [2.05, 4.69) is 0 Å². The lowest BCUT2D eigenvalue weighted by molar-refractivity contribution is -0.385. The number of likely N-dealkylation sites (tertiary alicyclic amines) is 1. The molecule has 1 amide bonds. The Labute approximate surface area is 110 Å². The van der Waals surface area contributed by atoms with Crippen molar-refractivity contribution in [3.05, 3.63) is 33.9 Å². The molecule has 0 radical (unpaired) electrons. The number of aromatic hydroxyl groups is 1. The SMILES string of the molecule is O=C(c1cc(O)ccc1[N+](=O)[O-])N1CCCCCC1. The van der Waals surface area contributed by atoms with Gasteiger partial charge < -0.3 is 10.0 Å². The van der Waals surface area contributed by atoms with Gasteiger partial charge in [0.15, 0.2) is 0 Å². The van der Waals surface area contributed by atoms with Gasteiger partial charge in [-0.1, -0.05) is 12.8 Å². The van der Waals surface area contributed by atoms with Crippen LogP contribution in [0.15, 0.2) is 18.2 Å². The quantitative estimate of drug-likeness (QED) is 0.656. The van der Waals surface area contributed by atoms with Crippen LogP contribution in [0.2, 0.25) is 0 Å². The van der Waals surface area contributed by atoms with Crippen LogP contribution in [0.3, 0.4) is 0 Å². The summed E-state index contributed by atoms with van der Waals surface area (Å²) in [4.78, 5) is 24.3. The largest absolute Gasteiger partial charge is 0.508 e. The zero-order valence-corrected chi connectivity index (χ0v) is 10.5. The van der Waals surface area contributed by atoms with Crippen molar-refractivity contribution in [2.45, 2.75) is 25.7 Å². The van der Waals surface area contributed by atoms with Crippen LogP contribution in [0.25, 0.3) is 0 Å². The summed E-state index contributed by atoms with van der Waals surface area (Å²) < 4.78 is 0. The zero-order chi connectivity index (χ0) is 13.8. The lowest BCUT2D eigenvalue weighted by Crippen LogP contribution is -2.32. The van der Waals surface area contributed by atoms with Crippen molar-refractivity contribution in [2.75, 3.05) is 13.1 Å². The third-order valence-electron chi connectivity index (χ3n) is 3.30. The second-order valence-electron chi connectivity index (χ2n) is 4.66. The van der Waals surface area contributed by atoms with E-state index in [1.54, 1.807) is 4.90 Å². The molecule has 1 aromatic carbocycles. The van der Waals surface area contributed by atoms with E-state index < -0.39 is 4.92 Å². The van der Waals surface area contributed by atoms with Crippen molar-refractivity contribution >= 4 is 11.6 Å². The molecule has 0 unspecified atom stereocenters. The third-order valence-corrected chi connectivity index (χ3v) is 3.30. The number of hydrogen-bond donors (Lipinski definition) is 1. The molecule has 0 atom stereocenters. The summed E-state index contributed by atoms with van der Waals surface area (Å²) in [5.74, 6) is -0.506. The smallest absolute Gasteiger partial charge is 0.282 e. The summed E-state index contributed by atoms with van der Waals surface area (Å²) in [7, 11) is 0. The van der Waals surface area contributed by atoms with E-state index >= 15 is 0 Å². The molecule has 102 valence electrons. The predicted octanol–water partition coefficient (Wildman–Crippen LogP) is 2.32. The van der Waals surface area contributed by atoms with Crippen molar-refractivity contribution in [3.63, 3.8) is 0 Å². The minimum atomic E-state index is -0.593. The molecule has 1 saturated heterocycles. The second-order valence-corrected chi connectivity index (χ2v) is 4.66. The van der Waals surface area contributed by atoms with Crippen molar-refractivity contribution < 1.29 is 14.8 Å². The molecule has 0 bridgehead atoms. The molecule has 6 heteroatoms. The fourth-order valence-electron chi connectivity index (χ4n) is 2.30. The van der Waals surface area contributed by atoms with Gasteiger partial charge in [-0.25, -0.2) is 0 Å². The number of phenols is 1. The summed E-state index contributed by atoms with van der Waals surface area (Å²) >= 11 is 0. The normalized spacial score (nSPS) is 15.9. The molecule has 1 aliphatic rings. The highest BCUT2D eigenvalue weighted by Crippen LogP contribution is 2.25. The molecule has 1 fully saturated rings. The van der Waals surface area contributed by atoms with Crippen molar-refractivity contribution in [2.24, 2.45) is 0 Å². The van der Waals surface area contributed by atoms with Gasteiger partial charge in [0, 0.05) is 19.2 Å². The van der Waals surface area contributed by atoms with Gasteiger partial charge in [0.05, 0.1) is 4.92 Å². The third kappa shape index (κ3) is 3.01. The van der Waals surface area contributed by atoms with E-state index in [0.29, 0.717) is 13.1 Å². The number of phenolic OH excluding ortho intramolecular Hbond substituents is 1. The molecule has 0 spiro atoms. The van der Waals surface area contributed by atoms with Crippen LogP contribution < -0.4 is 0 Å². The zero-order valence-electron chi connectivity index (χ0n) is 10.5. The first kappa shape index (κ1) is 13.3. The molecule has 1 N–H and O–H groups in total. The maximum Gasteiger partial charge on any atom is 0.282 e. The molecule has 1 aromatic rings. The lowest BCUT2D eigenvalue weighted by atomic mass is 10.1. The Balaban J connectivity index is 2.31. The van der Waals surface area contributed by atoms with Gasteiger partial charge in [-0.05, 0) is 25.0 Å². The topological polar surface area (TPSA) is 83.7 Å². The van der Waals surface area contributed by atoms with Gasteiger partial charge >= 0.3 is 0 Å². The molecule has 1 heterocycles. The Morgan fingerprint density at radius 1 is 1.21 bits per heavy atom. The van der Waals surface area contributed by atoms with Gasteiger partial charge in [0.25, 0.3) is 11.6 Å². The molecule has 19 heavy (non-hydrogen) atoms. The van der Waals surface area contributed by atoms with Gasteiger partial charge in [-0.2, -0.15) is 0 Å². The van der Waals surface area contributed by atoms with E-state index in [4.69, 9.17) is 0 Å². The van der Waals surface area contributed by atoms with Crippen molar-refractivity contribution in [1.82, 2.24) is 4.90 Å². The maximum atomic E-state index is 12.3. The van der Waals surface area contributed by atoms with E-state index in [9.17, 15) is 20.0 Å². The Hall–Kier alpha value is -2.11. The minimum absolute atomic E-state index is 0.0353. The Morgan fingerprint density at radius 3 is 2.42 bits per heavy atom. The van der Waals surface area contributed by atoms with Crippen LogP contribution in [0.5, 0.6) is 5.75 Å². The summed E-state index contributed by atoms with van der Waals surface area (Å²) in [5, 5.41) is 20.4. The van der Waals surface area contributed by atoms with Crippen molar-refractivity contribution in [3.8, 4) is 5.75 Å². The van der Waals surface area contributed by atoms with Crippen LogP contribution >= 0.6 is 0 Å². The van der Waals surface area contributed by atoms with Crippen LogP contribution in [0.1, 0.15) is 36.0 Å². The van der Waals surface area contributed by atoms with Crippen LogP contribution in [0.4, 0.5) is 5.69 Å². The lowest BCUT2D eigenvalue weighted by Gasteiger charge is -2.20. The molecule has 6 nitrogen and oxygen atoms in total. The van der Waals surface area contributed by atoms with Crippen molar-refractivity contribution in [1.29, 1.82) is 0 Å². The molecular weight excluding hydrogens is 248 g/mol. The van der Waals surface area contributed by atoms with E-state index in [-0.39, 0.29) is 22.9 Å². The van der Waals surface area contributed by atoms with E-state index in [1.807, 2.05) is 0 Å². The number of nitro benzene ring substituents is 1. The van der Waals surface area contributed by atoms with Gasteiger partial charge in [0.1, 0.15) is 11.3 Å². The number of nitro groups is 1. The molecule has 1 aliphatic heterocycles. The van der Waals surface area contributed by atoms with Gasteiger partial charge in [-0.3, -0.25) is 14.9 Å². The Kier molecular flexibility index (Phi) is 3.99. The van der Waals surface area contributed by atoms with Gasteiger partial charge in [-0.15, -0.1) is 0 Å². The highest BCUT2D eigenvalue weighted by atomic mass is 16.6. The number of amides is 1. The number of nitrogens with zero attached hydrogens (tertiary/aromatic N) is 2. The summed E-state index contributed by atoms with van der Waals surface area (Å²) in [6.07, 6.45) is 3.98. The molecule has 2 rings (SSSR count). The number of carbonyl (C=O) groups is 1. The number of benzene rings is 1. The molecule has 0 saturated carbocycles. The Bertz CT molecular complexity index is 493. The predicted molar refractivity (Wildman–Crippen MR) is 69.1 cm³/mol. The monoisotopic (exact) mass is 264 g/mol. The summed E-state index contributed by atoms with van der Waals surface area (Å²) in [5.41, 5.74) is -0.293.